The highest BCUT2D eigenvalue weighted by atomic mass is 32.2. The maximum absolute atomic E-state index is 12.5. The van der Waals surface area contributed by atoms with Gasteiger partial charge in [-0.15, -0.1) is 0 Å². The van der Waals surface area contributed by atoms with E-state index in [1.165, 1.54) is 18.2 Å². The average Bonchev–Trinajstić information content (AvgIpc) is 2.49. The molecule has 0 saturated carbocycles. The molecular formula is C16H26N2O4S. The molecule has 0 aliphatic heterocycles. The van der Waals surface area contributed by atoms with E-state index in [2.05, 4.69) is 17.0 Å². The molecule has 23 heavy (non-hydrogen) atoms. The van der Waals surface area contributed by atoms with Gasteiger partial charge in [0.1, 0.15) is 4.90 Å². The van der Waals surface area contributed by atoms with Crippen molar-refractivity contribution >= 4 is 21.7 Å². The van der Waals surface area contributed by atoms with E-state index in [0.717, 1.165) is 19.3 Å². The number of carbonyl (C=O) groups is 1. The fourth-order valence-electron chi connectivity index (χ4n) is 1.98. The first-order chi connectivity index (χ1) is 10.8. The summed E-state index contributed by atoms with van der Waals surface area (Å²) in [6.45, 7) is 6.84. The first-order valence-corrected chi connectivity index (χ1v) is 9.37. The SMILES string of the molecule is CCCCCNc1ccc(C(=O)O)cc1S(=O)(=O)NCC(C)C. The van der Waals surface area contributed by atoms with Gasteiger partial charge in [-0.05, 0) is 30.5 Å². The number of hydrogen-bond acceptors (Lipinski definition) is 4. The van der Waals surface area contributed by atoms with Gasteiger partial charge in [0.25, 0.3) is 0 Å². The van der Waals surface area contributed by atoms with E-state index in [4.69, 9.17) is 5.11 Å². The van der Waals surface area contributed by atoms with Crippen LogP contribution in [0.1, 0.15) is 50.4 Å². The highest BCUT2D eigenvalue weighted by Gasteiger charge is 2.20. The molecule has 0 aliphatic rings. The van der Waals surface area contributed by atoms with Gasteiger partial charge in [0, 0.05) is 13.1 Å². The van der Waals surface area contributed by atoms with E-state index in [9.17, 15) is 13.2 Å². The minimum absolute atomic E-state index is 0.0189. The second-order valence-corrected chi connectivity index (χ2v) is 7.63. The number of carboxylic acid groups (broad SMARTS) is 1. The lowest BCUT2D eigenvalue weighted by Crippen LogP contribution is -2.28. The fraction of sp³-hybridized carbons (Fsp3) is 0.562. The summed E-state index contributed by atoms with van der Waals surface area (Å²) in [4.78, 5) is 11.1. The van der Waals surface area contributed by atoms with E-state index in [-0.39, 0.29) is 16.4 Å². The molecular weight excluding hydrogens is 316 g/mol. The molecule has 3 N–H and O–H groups in total. The predicted octanol–water partition coefficient (Wildman–Crippen LogP) is 2.92. The monoisotopic (exact) mass is 342 g/mol. The molecule has 0 saturated heterocycles. The highest BCUT2D eigenvalue weighted by Crippen LogP contribution is 2.23. The number of aromatic carboxylic acids is 1. The Labute approximate surface area is 138 Å². The zero-order valence-corrected chi connectivity index (χ0v) is 14.7. The minimum Gasteiger partial charge on any atom is -0.478 e. The molecule has 1 aromatic carbocycles. The van der Waals surface area contributed by atoms with Crippen LogP contribution in [0.25, 0.3) is 0 Å². The van der Waals surface area contributed by atoms with E-state index in [1.54, 1.807) is 0 Å². The third-order valence-electron chi connectivity index (χ3n) is 3.30. The zero-order valence-electron chi connectivity index (χ0n) is 13.9. The molecule has 0 amide bonds. The molecule has 0 aliphatic carbocycles. The molecule has 0 radical (unpaired) electrons. The van der Waals surface area contributed by atoms with Crippen molar-refractivity contribution in [2.75, 3.05) is 18.4 Å². The molecule has 0 fully saturated rings. The summed E-state index contributed by atoms with van der Waals surface area (Å²) in [5.41, 5.74) is 0.386. The van der Waals surface area contributed by atoms with Crippen LogP contribution in [0.2, 0.25) is 0 Å². The van der Waals surface area contributed by atoms with Crippen LogP contribution in [-0.4, -0.2) is 32.6 Å². The number of nitrogens with one attached hydrogen (secondary N) is 2. The molecule has 6 nitrogen and oxygen atoms in total. The van der Waals surface area contributed by atoms with Crippen molar-refractivity contribution in [3.05, 3.63) is 23.8 Å². The van der Waals surface area contributed by atoms with Crippen LogP contribution in [0.3, 0.4) is 0 Å². The maximum Gasteiger partial charge on any atom is 0.335 e. The normalized spacial score (nSPS) is 11.7. The lowest BCUT2D eigenvalue weighted by atomic mass is 10.2. The van der Waals surface area contributed by atoms with Crippen LogP contribution in [0.15, 0.2) is 23.1 Å². The molecule has 0 unspecified atom stereocenters. The highest BCUT2D eigenvalue weighted by molar-refractivity contribution is 7.89. The molecule has 130 valence electrons. The maximum atomic E-state index is 12.5. The zero-order chi connectivity index (χ0) is 17.5. The van der Waals surface area contributed by atoms with Crippen molar-refractivity contribution in [1.82, 2.24) is 4.72 Å². The quantitative estimate of drug-likeness (QED) is 0.568. The van der Waals surface area contributed by atoms with Gasteiger partial charge >= 0.3 is 5.97 Å². The lowest BCUT2D eigenvalue weighted by Gasteiger charge is -2.15. The molecule has 1 aromatic rings. The van der Waals surface area contributed by atoms with E-state index in [1.807, 2.05) is 13.8 Å². The molecule has 1 rings (SSSR count). The van der Waals surface area contributed by atoms with Crippen LogP contribution < -0.4 is 10.0 Å². The summed E-state index contributed by atoms with van der Waals surface area (Å²) in [5, 5.41) is 12.2. The number of carboxylic acids is 1. The topological polar surface area (TPSA) is 95.5 Å². The Bertz CT molecular complexity index is 627. The number of unbranched alkanes of at least 4 members (excludes halogenated alkanes) is 2. The van der Waals surface area contributed by atoms with Crippen LogP contribution >= 0.6 is 0 Å². The summed E-state index contributed by atoms with van der Waals surface area (Å²) >= 11 is 0. The van der Waals surface area contributed by atoms with Crippen LogP contribution in [0.4, 0.5) is 5.69 Å². The summed E-state index contributed by atoms with van der Waals surface area (Å²) in [5.74, 6) is -0.990. The molecule has 0 bridgehead atoms. The Hall–Kier alpha value is -1.60. The predicted molar refractivity (Wildman–Crippen MR) is 91.4 cm³/mol. The largest absolute Gasteiger partial charge is 0.478 e. The van der Waals surface area contributed by atoms with Crippen molar-refractivity contribution in [3.63, 3.8) is 0 Å². The first kappa shape index (κ1) is 19.4. The Morgan fingerprint density at radius 1 is 1.26 bits per heavy atom. The molecule has 0 spiro atoms. The summed E-state index contributed by atoms with van der Waals surface area (Å²) < 4.78 is 27.5. The number of anilines is 1. The molecule has 0 atom stereocenters. The number of benzene rings is 1. The molecule has 7 heteroatoms. The molecule has 0 heterocycles. The average molecular weight is 342 g/mol. The van der Waals surface area contributed by atoms with Crippen molar-refractivity contribution in [2.24, 2.45) is 5.92 Å². The van der Waals surface area contributed by atoms with Crippen molar-refractivity contribution in [2.45, 2.75) is 44.9 Å². The van der Waals surface area contributed by atoms with Gasteiger partial charge in [-0.25, -0.2) is 17.9 Å². The number of sulfonamides is 1. The van der Waals surface area contributed by atoms with Gasteiger partial charge in [0.05, 0.1) is 11.3 Å². The van der Waals surface area contributed by atoms with Crippen molar-refractivity contribution in [1.29, 1.82) is 0 Å². The Balaban J connectivity index is 3.07. The fourth-order valence-corrected chi connectivity index (χ4v) is 3.40. The third-order valence-corrected chi connectivity index (χ3v) is 4.76. The number of rotatable bonds is 10. The van der Waals surface area contributed by atoms with Crippen molar-refractivity contribution < 1.29 is 18.3 Å². The second kappa shape index (κ2) is 8.88. The minimum atomic E-state index is -3.76. The van der Waals surface area contributed by atoms with Gasteiger partial charge in [0.15, 0.2) is 0 Å². The number of hydrogen-bond donors (Lipinski definition) is 3. The van der Waals surface area contributed by atoms with Crippen molar-refractivity contribution in [3.8, 4) is 0 Å². The van der Waals surface area contributed by atoms with E-state index >= 15 is 0 Å². The Morgan fingerprint density at radius 3 is 2.52 bits per heavy atom. The summed E-state index contributed by atoms with van der Waals surface area (Å²) in [6.07, 6.45) is 3.05. The van der Waals surface area contributed by atoms with Gasteiger partial charge < -0.3 is 10.4 Å². The smallest absolute Gasteiger partial charge is 0.335 e. The summed E-state index contributed by atoms with van der Waals surface area (Å²) in [6, 6.07) is 4.12. The van der Waals surface area contributed by atoms with Gasteiger partial charge in [-0.2, -0.15) is 0 Å². The summed E-state index contributed by atoms with van der Waals surface area (Å²) in [7, 11) is -3.76. The van der Waals surface area contributed by atoms with Crippen LogP contribution in [0.5, 0.6) is 0 Å². The Kier molecular flexibility index (Phi) is 7.51. The second-order valence-electron chi connectivity index (χ2n) is 5.90. The van der Waals surface area contributed by atoms with E-state index < -0.39 is 16.0 Å². The van der Waals surface area contributed by atoms with Crippen LogP contribution in [-0.2, 0) is 10.0 Å². The standard InChI is InChI=1S/C16H26N2O4S/c1-4-5-6-9-17-14-8-7-13(16(19)20)10-15(14)23(21,22)18-11-12(2)3/h7-8,10,12,17-18H,4-6,9,11H2,1-3H3,(H,19,20). The Morgan fingerprint density at radius 2 is 1.96 bits per heavy atom. The van der Waals surface area contributed by atoms with E-state index in [0.29, 0.717) is 18.8 Å². The van der Waals surface area contributed by atoms with Crippen LogP contribution in [0, 0.1) is 5.92 Å². The van der Waals surface area contributed by atoms with Gasteiger partial charge in [-0.3, -0.25) is 0 Å². The molecule has 0 aromatic heterocycles. The van der Waals surface area contributed by atoms with Gasteiger partial charge in [0.2, 0.25) is 10.0 Å². The lowest BCUT2D eigenvalue weighted by molar-refractivity contribution is 0.0696. The van der Waals surface area contributed by atoms with Gasteiger partial charge in [-0.1, -0.05) is 33.6 Å². The first-order valence-electron chi connectivity index (χ1n) is 7.88. The third kappa shape index (κ3) is 6.19.